The number of nitro benzene ring substituents is 1. The fourth-order valence-electron chi connectivity index (χ4n) is 2.42. The van der Waals surface area contributed by atoms with E-state index in [0.717, 1.165) is 11.1 Å². The molecule has 0 amide bonds. The van der Waals surface area contributed by atoms with E-state index in [2.05, 4.69) is 10.1 Å². The quantitative estimate of drug-likeness (QED) is 0.392. The molecule has 0 saturated heterocycles. The summed E-state index contributed by atoms with van der Waals surface area (Å²) < 4.78 is 12.0. The topological polar surface area (TPSA) is 92.3 Å². The van der Waals surface area contributed by atoms with Crippen LogP contribution in [0.4, 0.5) is 5.69 Å². The number of methoxy groups -OCH3 is 1. The van der Waals surface area contributed by atoms with E-state index in [1.54, 1.807) is 37.2 Å². The lowest BCUT2D eigenvalue weighted by atomic mass is 10.1. The lowest BCUT2D eigenvalue weighted by molar-refractivity contribution is -0.384. The van der Waals surface area contributed by atoms with Crippen molar-refractivity contribution in [3.05, 3.63) is 46.6 Å². The molecule has 24 heavy (non-hydrogen) atoms. The Morgan fingerprint density at radius 1 is 1.25 bits per heavy atom. The summed E-state index contributed by atoms with van der Waals surface area (Å²) in [6, 6.07) is 8.26. The van der Waals surface area contributed by atoms with Crippen LogP contribution in [0.3, 0.4) is 0 Å². The predicted octanol–water partition coefficient (Wildman–Crippen LogP) is 2.57. The summed E-state index contributed by atoms with van der Waals surface area (Å²) in [7, 11) is 3.40. The Labute approximate surface area is 137 Å². The average molecular weight is 328 g/mol. The first-order valence-electron chi connectivity index (χ1n) is 7.29. The first-order valence-corrected chi connectivity index (χ1v) is 7.29. The van der Waals surface area contributed by atoms with Crippen molar-refractivity contribution in [1.29, 1.82) is 0 Å². The first kappa shape index (κ1) is 15.9. The number of ether oxygens (including phenoxy) is 2. The molecule has 0 aliphatic rings. The Morgan fingerprint density at radius 3 is 2.75 bits per heavy atom. The molecule has 0 bridgehead atoms. The largest absolute Gasteiger partial charge is 0.475 e. The zero-order valence-corrected chi connectivity index (χ0v) is 13.3. The molecule has 0 spiro atoms. The Bertz CT molecular complexity index is 874. The average Bonchev–Trinajstić information content (AvgIpc) is 2.92. The third-order valence-electron chi connectivity index (χ3n) is 3.59. The molecule has 0 saturated carbocycles. The van der Waals surface area contributed by atoms with E-state index in [1.807, 2.05) is 6.07 Å². The monoisotopic (exact) mass is 328 g/mol. The molecule has 0 aliphatic heterocycles. The molecular weight excluding hydrogens is 312 g/mol. The number of fused-ring (bicyclic) bond motifs is 1. The molecule has 3 aromatic rings. The maximum Gasteiger partial charge on any atom is 0.270 e. The highest BCUT2D eigenvalue weighted by Gasteiger charge is 2.15. The molecule has 2 heterocycles. The van der Waals surface area contributed by atoms with E-state index in [-0.39, 0.29) is 5.69 Å². The number of non-ortho nitro benzene ring substituents is 1. The number of aromatic nitrogens is 3. The van der Waals surface area contributed by atoms with Crippen LogP contribution in [-0.4, -0.2) is 40.0 Å². The van der Waals surface area contributed by atoms with Crippen LogP contribution in [0.2, 0.25) is 0 Å². The van der Waals surface area contributed by atoms with Gasteiger partial charge in [-0.2, -0.15) is 5.10 Å². The van der Waals surface area contributed by atoms with Crippen molar-refractivity contribution in [3.63, 3.8) is 0 Å². The summed E-state index contributed by atoms with van der Waals surface area (Å²) in [4.78, 5) is 14.8. The second-order valence-corrected chi connectivity index (χ2v) is 5.16. The highest BCUT2D eigenvalue weighted by Crippen LogP contribution is 2.30. The van der Waals surface area contributed by atoms with Gasteiger partial charge in [-0.25, -0.2) is 4.98 Å². The molecule has 8 nitrogen and oxygen atoms in total. The molecule has 8 heteroatoms. The van der Waals surface area contributed by atoms with Crippen LogP contribution in [0, 0.1) is 10.1 Å². The van der Waals surface area contributed by atoms with Crippen molar-refractivity contribution < 1.29 is 14.4 Å². The van der Waals surface area contributed by atoms with E-state index in [4.69, 9.17) is 9.47 Å². The fourth-order valence-corrected chi connectivity index (χ4v) is 2.42. The number of nitro groups is 1. The minimum absolute atomic E-state index is 0.0317. The summed E-state index contributed by atoms with van der Waals surface area (Å²) in [6.07, 6.45) is 1.64. The summed E-state index contributed by atoms with van der Waals surface area (Å²) in [5.74, 6) is 0.488. The van der Waals surface area contributed by atoms with E-state index < -0.39 is 4.92 Å². The smallest absolute Gasteiger partial charge is 0.270 e. The van der Waals surface area contributed by atoms with Crippen molar-refractivity contribution in [1.82, 2.24) is 14.8 Å². The third kappa shape index (κ3) is 3.04. The molecule has 2 aromatic heterocycles. The van der Waals surface area contributed by atoms with Gasteiger partial charge in [-0.1, -0.05) is 0 Å². The van der Waals surface area contributed by atoms with Gasteiger partial charge in [-0.05, 0) is 12.1 Å². The molecule has 1 aromatic carbocycles. The third-order valence-corrected chi connectivity index (χ3v) is 3.59. The van der Waals surface area contributed by atoms with Crippen molar-refractivity contribution >= 4 is 16.6 Å². The number of hydrogen-bond donors (Lipinski definition) is 0. The van der Waals surface area contributed by atoms with E-state index in [9.17, 15) is 10.1 Å². The number of aryl methyl sites for hydroxylation is 1. The van der Waals surface area contributed by atoms with Crippen LogP contribution in [0.1, 0.15) is 0 Å². The van der Waals surface area contributed by atoms with Gasteiger partial charge in [0.1, 0.15) is 12.3 Å². The van der Waals surface area contributed by atoms with E-state index >= 15 is 0 Å². The van der Waals surface area contributed by atoms with Crippen LogP contribution in [0.15, 0.2) is 36.5 Å². The lowest BCUT2D eigenvalue weighted by Gasteiger charge is -2.04. The molecule has 0 unspecified atom stereocenters. The second-order valence-electron chi connectivity index (χ2n) is 5.16. The maximum atomic E-state index is 11.0. The first-order chi connectivity index (χ1) is 11.6. The molecule has 0 atom stereocenters. The van der Waals surface area contributed by atoms with Crippen molar-refractivity contribution in [2.24, 2.45) is 7.05 Å². The van der Waals surface area contributed by atoms with Crippen molar-refractivity contribution in [3.8, 4) is 17.1 Å². The normalized spacial score (nSPS) is 10.9. The van der Waals surface area contributed by atoms with Gasteiger partial charge >= 0.3 is 0 Å². The molecule has 3 rings (SSSR count). The van der Waals surface area contributed by atoms with Gasteiger partial charge in [-0.3, -0.25) is 14.8 Å². The van der Waals surface area contributed by atoms with Crippen molar-refractivity contribution in [2.45, 2.75) is 0 Å². The summed E-state index contributed by atoms with van der Waals surface area (Å²) >= 11 is 0. The Balaban J connectivity index is 1.96. The molecule has 0 fully saturated rings. The molecule has 0 aliphatic carbocycles. The van der Waals surface area contributed by atoms with Gasteiger partial charge < -0.3 is 9.47 Å². The SMILES string of the molecule is COCCOc1ccc(-c2nn(C)c3ccc([N+](=O)[O-])cc23)cn1. The number of benzene rings is 1. The highest BCUT2D eigenvalue weighted by atomic mass is 16.6. The lowest BCUT2D eigenvalue weighted by Crippen LogP contribution is -2.05. The second kappa shape index (κ2) is 6.63. The Kier molecular flexibility index (Phi) is 4.39. The predicted molar refractivity (Wildman–Crippen MR) is 88.0 cm³/mol. The molecule has 124 valence electrons. The number of hydrogen-bond acceptors (Lipinski definition) is 6. The molecule has 0 N–H and O–H groups in total. The fraction of sp³-hybridized carbons (Fsp3) is 0.250. The summed E-state index contributed by atoms with van der Waals surface area (Å²) in [6.45, 7) is 0.902. The Morgan fingerprint density at radius 2 is 2.08 bits per heavy atom. The van der Waals surface area contributed by atoms with Crippen LogP contribution in [0.5, 0.6) is 5.88 Å². The summed E-state index contributed by atoms with van der Waals surface area (Å²) in [5, 5.41) is 16.2. The highest BCUT2D eigenvalue weighted by molar-refractivity contribution is 5.94. The minimum Gasteiger partial charge on any atom is -0.475 e. The maximum absolute atomic E-state index is 11.0. The zero-order valence-electron chi connectivity index (χ0n) is 13.3. The van der Waals surface area contributed by atoms with E-state index in [1.165, 1.54) is 12.1 Å². The Hall–Kier alpha value is -3.00. The molecular formula is C16H16N4O4. The summed E-state index contributed by atoms with van der Waals surface area (Å²) in [5.41, 5.74) is 2.26. The van der Waals surface area contributed by atoms with E-state index in [0.29, 0.717) is 30.2 Å². The van der Waals surface area contributed by atoms with Crippen molar-refractivity contribution in [2.75, 3.05) is 20.3 Å². The van der Waals surface area contributed by atoms with Crippen LogP contribution < -0.4 is 4.74 Å². The number of nitrogens with zero attached hydrogens (tertiary/aromatic N) is 4. The standard InChI is InChI=1S/C16H16N4O4/c1-19-14-5-4-12(20(21)22)9-13(14)16(18-19)11-3-6-15(17-10-11)24-8-7-23-2/h3-6,9-10H,7-8H2,1-2H3. The van der Waals surface area contributed by atoms with Crippen LogP contribution in [0.25, 0.3) is 22.2 Å². The zero-order chi connectivity index (χ0) is 17.1. The van der Waals surface area contributed by atoms with Crippen LogP contribution in [-0.2, 0) is 11.8 Å². The van der Waals surface area contributed by atoms with Crippen LogP contribution >= 0.6 is 0 Å². The van der Waals surface area contributed by atoms with Gasteiger partial charge in [0.15, 0.2) is 0 Å². The number of rotatable bonds is 6. The number of pyridine rings is 1. The molecule has 0 radical (unpaired) electrons. The van der Waals surface area contributed by atoms with Gasteiger partial charge in [0.25, 0.3) is 5.69 Å². The van der Waals surface area contributed by atoms with Gasteiger partial charge in [0.2, 0.25) is 5.88 Å². The minimum atomic E-state index is -0.415. The van der Waals surface area contributed by atoms with Gasteiger partial charge in [0.05, 0.1) is 17.0 Å². The van der Waals surface area contributed by atoms with Gasteiger partial charge in [-0.15, -0.1) is 0 Å². The van der Waals surface area contributed by atoms with Gasteiger partial charge in [0, 0.05) is 49.5 Å².